The second-order valence-corrected chi connectivity index (χ2v) is 6.09. The van der Waals surface area contributed by atoms with Gasteiger partial charge in [-0.05, 0) is 49.9 Å². The molecule has 1 heterocycles. The molecule has 0 aliphatic heterocycles. The van der Waals surface area contributed by atoms with Gasteiger partial charge in [0, 0.05) is 12.0 Å². The van der Waals surface area contributed by atoms with Crippen molar-refractivity contribution in [3.63, 3.8) is 0 Å². The number of benzene rings is 1. The fraction of sp³-hybridized carbons (Fsp3) is 0.389. The Bertz CT molecular complexity index is 749. The molecule has 5 heteroatoms. The van der Waals surface area contributed by atoms with Crippen LogP contribution < -0.4 is 5.32 Å². The predicted molar refractivity (Wildman–Crippen MR) is 86.6 cm³/mol. The van der Waals surface area contributed by atoms with Crippen LogP contribution in [-0.2, 0) is 0 Å². The average Bonchev–Trinajstić information content (AvgIpc) is 3.00. The van der Waals surface area contributed by atoms with Crippen molar-refractivity contribution in [3.05, 3.63) is 52.5 Å². The van der Waals surface area contributed by atoms with Gasteiger partial charge in [0.2, 0.25) is 0 Å². The zero-order chi connectivity index (χ0) is 16.4. The second-order valence-electron chi connectivity index (χ2n) is 6.09. The van der Waals surface area contributed by atoms with Crippen LogP contribution in [0.15, 0.2) is 24.3 Å². The second kappa shape index (κ2) is 6.33. The van der Waals surface area contributed by atoms with E-state index in [4.69, 9.17) is 0 Å². The maximum absolute atomic E-state index is 13.1. The van der Waals surface area contributed by atoms with Crippen LogP contribution in [0, 0.1) is 31.0 Å². The van der Waals surface area contributed by atoms with Gasteiger partial charge in [-0.15, -0.1) is 5.10 Å². The lowest BCUT2D eigenvalue weighted by Gasteiger charge is -2.22. The molecule has 23 heavy (non-hydrogen) atoms. The zero-order valence-electron chi connectivity index (χ0n) is 13.3. The predicted octanol–water partition coefficient (Wildman–Crippen LogP) is 3.85. The van der Waals surface area contributed by atoms with Crippen LogP contribution in [0.1, 0.15) is 47.6 Å². The van der Waals surface area contributed by atoms with E-state index in [-0.39, 0.29) is 11.9 Å². The van der Waals surface area contributed by atoms with Gasteiger partial charge in [-0.2, -0.15) is 10.4 Å². The Morgan fingerprint density at radius 3 is 2.61 bits per heavy atom. The van der Waals surface area contributed by atoms with Crippen molar-refractivity contribution in [3.8, 4) is 6.07 Å². The molecule has 1 aromatic carbocycles. The Morgan fingerprint density at radius 2 is 1.91 bits per heavy atom. The summed E-state index contributed by atoms with van der Waals surface area (Å²) in [5, 5.41) is 21.1. The van der Waals surface area contributed by atoms with Crippen LogP contribution in [0.5, 0.6) is 0 Å². The van der Waals surface area contributed by atoms with Gasteiger partial charge in [0.1, 0.15) is 17.4 Å². The Labute approximate surface area is 135 Å². The minimum absolute atomic E-state index is 0.184. The molecule has 1 aromatic heterocycles. The summed E-state index contributed by atoms with van der Waals surface area (Å²) in [5.74, 6) is 0.628. The summed E-state index contributed by atoms with van der Waals surface area (Å²) >= 11 is 0. The molecule has 1 aliphatic carbocycles. The molecule has 1 fully saturated rings. The van der Waals surface area contributed by atoms with Crippen molar-refractivity contribution in [2.75, 3.05) is 5.32 Å². The summed E-state index contributed by atoms with van der Waals surface area (Å²) in [5.41, 5.74) is 3.31. The first-order valence-electron chi connectivity index (χ1n) is 7.86. The highest BCUT2D eigenvalue weighted by molar-refractivity contribution is 5.56. The monoisotopic (exact) mass is 310 g/mol. The standard InChI is InChI=1S/C18H19FN4/c1-11-12(2)22-23-18(16(11)10-20)21-17-5-3-4-15(17)13-6-8-14(19)9-7-13/h6-9,15,17H,3-5H2,1-2H3,(H,21,23). The number of nitriles is 1. The molecule has 4 nitrogen and oxygen atoms in total. The molecule has 3 rings (SSSR count). The van der Waals surface area contributed by atoms with Crippen molar-refractivity contribution in [1.29, 1.82) is 5.26 Å². The van der Waals surface area contributed by atoms with E-state index in [9.17, 15) is 9.65 Å². The van der Waals surface area contributed by atoms with E-state index < -0.39 is 0 Å². The Morgan fingerprint density at radius 1 is 1.17 bits per heavy atom. The summed E-state index contributed by atoms with van der Waals surface area (Å²) in [7, 11) is 0. The molecular formula is C18H19FN4. The van der Waals surface area contributed by atoms with Gasteiger partial charge in [0.15, 0.2) is 5.82 Å². The van der Waals surface area contributed by atoms with Gasteiger partial charge in [0.05, 0.1) is 5.69 Å². The van der Waals surface area contributed by atoms with E-state index in [2.05, 4.69) is 21.6 Å². The number of halogens is 1. The minimum Gasteiger partial charge on any atom is -0.364 e. The molecule has 0 saturated heterocycles. The maximum Gasteiger partial charge on any atom is 0.167 e. The van der Waals surface area contributed by atoms with Crippen LogP contribution in [0.4, 0.5) is 10.2 Å². The van der Waals surface area contributed by atoms with E-state index in [0.29, 0.717) is 17.3 Å². The van der Waals surface area contributed by atoms with Crippen molar-refractivity contribution >= 4 is 5.82 Å². The lowest BCUT2D eigenvalue weighted by atomic mass is 9.94. The van der Waals surface area contributed by atoms with Gasteiger partial charge in [0.25, 0.3) is 0 Å². The summed E-state index contributed by atoms with van der Waals surface area (Å²) in [6.07, 6.45) is 3.14. The highest BCUT2D eigenvalue weighted by Crippen LogP contribution is 2.36. The number of anilines is 1. The minimum atomic E-state index is -0.219. The number of nitrogens with one attached hydrogen (secondary N) is 1. The number of rotatable bonds is 3. The Hall–Kier alpha value is -2.48. The first kappa shape index (κ1) is 15.4. The molecule has 1 saturated carbocycles. The van der Waals surface area contributed by atoms with Crippen molar-refractivity contribution in [2.24, 2.45) is 0 Å². The van der Waals surface area contributed by atoms with Gasteiger partial charge < -0.3 is 5.32 Å². The van der Waals surface area contributed by atoms with E-state index >= 15 is 0 Å². The number of hydrogen-bond acceptors (Lipinski definition) is 4. The number of aryl methyl sites for hydroxylation is 1. The van der Waals surface area contributed by atoms with Crippen molar-refractivity contribution in [2.45, 2.75) is 45.1 Å². The number of hydrogen-bond donors (Lipinski definition) is 1. The smallest absolute Gasteiger partial charge is 0.167 e. The average molecular weight is 310 g/mol. The zero-order valence-corrected chi connectivity index (χ0v) is 13.3. The van der Waals surface area contributed by atoms with Gasteiger partial charge in [-0.3, -0.25) is 0 Å². The third-order valence-corrected chi connectivity index (χ3v) is 4.70. The maximum atomic E-state index is 13.1. The SMILES string of the molecule is Cc1nnc(NC2CCCC2c2ccc(F)cc2)c(C#N)c1C. The Balaban J connectivity index is 1.86. The quantitative estimate of drug-likeness (QED) is 0.935. The van der Waals surface area contributed by atoms with Gasteiger partial charge in [-0.1, -0.05) is 18.6 Å². The summed E-state index contributed by atoms with van der Waals surface area (Å²) in [6, 6.07) is 9.10. The van der Waals surface area contributed by atoms with E-state index in [1.54, 1.807) is 0 Å². The Kier molecular flexibility index (Phi) is 4.24. The highest BCUT2D eigenvalue weighted by atomic mass is 19.1. The van der Waals surface area contributed by atoms with Crippen molar-refractivity contribution in [1.82, 2.24) is 10.2 Å². The molecule has 0 spiro atoms. The van der Waals surface area contributed by atoms with Crippen LogP contribution in [-0.4, -0.2) is 16.2 Å². The molecule has 2 unspecified atom stereocenters. The van der Waals surface area contributed by atoms with E-state index in [1.807, 2.05) is 26.0 Å². The summed E-state index contributed by atoms with van der Waals surface area (Å²) in [6.45, 7) is 3.74. The number of nitrogens with zero attached hydrogens (tertiary/aromatic N) is 3. The van der Waals surface area contributed by atoms with Crippen LogP contribution >= 0.6 is 0 Å². The molecule has 1 N–H and O–H groups in total. The lowest BCUT2D eigenvalue weighted by Crippen LogP contribution is -2.24. The lowest BCUT2D eigenvalue weighted by molar-refractivity contribution is 0.618. The highest BCUT2D eigenvalue weighted by Gasteiger charge is 2.29. The topological polar surface area (TPSA) is 61.6 Å². The van der Waals surface area contributed by atoms with Gasteiger partial charge >= 0.3 is 0 Å². The normalized spacial score (nSPS) is 20.3. The molecular weight excluding hydrogens is 291 g/mol. The fourth-order valence-electron chi connectivity index (χ4n) is 3.26. The largest absolute Gasteiger partial charge is 0.364 e. The molecule has 2 atom stereocenters. The first-order chi connectivity index (χ1) is 11.1. The molecule has 0 bridgehead atoms. The van der Waals surface area contributed by atoms with E-state index in [0.717, 1.165) is 36.1 Å². The molecule has 118 valence electrons. The summed E-state index contributed by atoms with van der Waals surface area (Å²) < 4.78 is 13.1. The number of aromatic nitrogens is 2. The van der Waals surface area contributed by atoms with E-state index in [1.165, 1.54) is 12.1 Å². The molecule has 0 radical (unpaired) electrons. The van der Waals surface area contributed by atoms with Gasteiger partial charge in [-0.25, -0.2) is 4.39 Å². The molecule has 2 aromatic rings. The first-order valence-corrected chi connectivity index (χ1v) is 7.86. The third-order valence-electron chi connectivity index (χ3n) is 4.70. The van der Waals surface area contributed by atoms with Crippen LogP contribution in [0.3, 0.4) is 0 Å². The molecule has 1 aliphatic rings. The third kappa shape index (κ3) is 3.02. The fourth-order valence-corrected chi connectivity index (χ4v) is 3.26. The molecule has 0 amide bonds. The van der Waals surface area contributed by atoms with Crippen molar-refractivity contribution < 1.29 is 4.39 Å². The summed E-state index contributed by atoms with van der Waals surface area (Å²) in [4.78, 5) is 0. The van der Waals surface area contributed by atoms with Crippen LogP contribution in [0.2, 0.25) is 0 Å². The van der Waals surface area contributed by atoms with Crippen LogP contribution in [0.25, 0.3) is 0 Å².